The van der Waals surface area contributed by atoms with E-state index >= 15 is 0 Å². The number of primary amides is 1. The number of amides is 2. The van der Waals surface area contributed by atoms with Gasteiger partial charge in [-0.1, -0.05) is 12.1 Å². The fraction of sp³-hybridized carbons (Fsp3) is 0.136. The lowest BCUT2D eigenvalue weighted by Gasteiger charge is -2.10. The fourth-order valence-corrected chi connectivity index (χ4v) is 3.46. The molecule has 3 aromatic rings. The largest absolute Gasteiger partial charge is 0.493 e. The summed E-state index contributed by atoms with van der Waals surface area (Å²) >= 11 is 1.41. The molecule has 0 unspecified atom stereocenters. The quantitative estimate of drug-likeness (QED) is 0.505. The number of ether oxygens (including phenoxy) is 1. The van der Waals surface area contributed by atoms with E-state index in [4.69, 9.17) is 10.5 Å². The summed E-state index contributed by atoms with van der Waals surface area (Å²) in [6, 6.07) is 16.4. The highest BCUT2D eigenvalue weighted by Gasteiger charge is 2.13. The molecule has 2 amide bonds. The molecule has 30 heavy (non-hydrogen) atoms. The fourth-order valence-electron chi connectivity index (χ4n) is 2.51. The second kappa shape index (κ2) is 10.4. The van der Waals surface area contributed by atoms with Gasteiger partial charge in [-0.05, 0) is 54.1 Å². The van der Waals surface area contributed by atoms with Crippen molar-refractivity contribution in [3.63, 3.8) is 0 Å². The Bertz CT molecular complexity index is 1010. The molecule has 0 spiro atoms. The van der Waals surface area contributed by atoms with Crippen molar-refractivity contribution >= 4 is 29.3 Å². The Kier molecular flexibility index (Phi) is 7.40. The van der Waals surface area contributed by atoms with Crippen molar-refractivity contribution in [1.82, 2.24) is 4.98 Å². The summed E-state index contributed by atoms with van der Waals surface area (Å²) in [5.41, 5.74) is 7.06. The highest BCUT2D eigenvalue weighted by atomic mass is 32.2. The molecule has 2 aromatic carbocycles. The molecule has 0 bridgehead atoms. The average Bonchev–Trinajstić information content (AvgIpc) is 2.74. The summed E-state index contributed by atoms with van der Waals surface area (Å²) in [7, 11) is 0. The summed E-state index contributed by atoms with van der Waals surface area (Å²) in [5, 5.41) is 3.42. The molecule has 3 N–H and O–H groups in total. The molecule has 0 aliphatic heterocycles. The number of nitrogens with one attached hydrogen (secondary N) is 1. The molecule has 0 atom stereocenters. The zero-order valence-electron chi connectivity index (χ0n) is 16.0. The van der Waals surface area contributed by atoms with Crippen LogP contribution >= 0.6 is 11.8 Å². The number of hydrogen-bond acceptors (Lipinski definition) is 5. The standard InChI is InChI=1S/C22H20FN3O3S/c23-16-5-3-15(4-6-16)14-30-22-19(2-1-12-25-22)21(28)26-17-7-9-18(10-8-17)29-13-11-20(24)27/h1-10,12H,11,13-14H2,(H2,24,27)(H,26,28). The molecule has 3 rings (SSSR count). The summed E-state index contributed by atoms with van der Waals surface area (Å²) in [6.45, 7) is 0.200. The molecular weight excluding hydrogens is 405 g/mol. The minimum Gasteiger partial charge on any atom is -0.493 e. The van der Waals surface area contributed by atoms with Crippen molar-refractivity contribution in [3.8, 4) is 5.75 Å². The van der Waals surface area contributed by atoms with Gasteiger partial charge in [0.05, 0.1) is 18.6 Å². The Morgan fingerprint density at radius 3 is 2.50 bits per heavy atom. The molecule has 0 aliphatic rings. The Labute approximate surface area is 177 Å². The molecule has 0 aliphatic carbocycles. The average molecular weight is 425 g/mol. The highest BCUT2D eigenvalue weighted by molar-refractivity contribution is 7.98. The zero-order valence-corrected chi connectivity index (χ0v) is 16.8. The van der Waals surface area contributed by atoms with Crippen LogP contribution in [0.4, 0.5) is 10.1 Å². The van der Waals surface area contributed by atoms with Crippen molar-refractivity contribution in [2.45, 2.75) is 17.2 Å². The number of nitrogens with two attached hydrogens (primary N) is 1. The Morgan fingerprint density at radius 2 is 1.80 bits per heavy atom. The van der Waals surface area contributed by atoms with Crippen LogP contribution in [-0.2, 0) is 10.5 Å². The van der Waals surface area contributed by atoms with Gasteiger partial charge >= 0.3 is 0 Å². The summed E-state index contributed by atoms with van der Waals surface area (Å²) in [5.74, 6) is 0.141. The molecule has 1 heterocycles. The topological polar surface area (TPSA) is 94.3 Å². The number of aromatic nitrogens is 1. The predicted octanol–water partition coefficient (Wildman–Crippen LogP) is 4.02. The zero-order chi connectivity index (χ0) is 21.3. The maximum Gasteiger partial charge on any atom is 0.258 e. The van der Waals surface area contributed by atoms with Gasteiger partial charge < -0.3 is 15.8 Å². The number of hydrogen-bond donors (Lipinski definition) is 2. The van der Waals surface area contributed by atoms with Crippen LogP contribution < -0.4 is 15.8 Å². The third kappa shape index (κ3) is 6.31. The van der Waals surface area contributed by atoms with E-state index in [2.05, 4.69) is 10.3 Å². The maximum absolute atomic E-state index is 13.0. The molecule has 154 valence electrons. The van der Waals surface area contributed by atoms with Gasteiger partial charge in [0.15, 0.2) is 0 Å². The van der Waals surface area contributed by atoms with Crippen LogP contribution in [0.1, 0.15) is 22.3 Å². The normalized spacial score (nSPS) is 10.4. The monoisotopic (exact) mass is 425 g/mol. The molecule has 0 fully saturated rings. The van der Waals surface area contributed by atoms with E-state index in [0.29, 0.717) is 27.8 Å². The van der Waals surface area contributed by atoms with Crippen molar-refractivity contribution in [2.24, 2.45) is 5.73 Å². The van der Waals surface area contributed by atoms with Crippen LogP contribution in [0.15, 0.2) is 71.9 Å². The Balaban J connectivity index is 1.61. The summed E-state index contributed by atoms with van der Waals surface area (Å²) in [6.07, 6.45) is 1.76. The van der Waals surface area contributed by atoms with E-state index in [1.54, 1.807) is 54.7 Å². The number of anilines is 1. The molecule has 1 aromatic heterocycles. The van der Waals surface area contributed by atoms with Crippen LogP contribution in [0.3, 0.4) is 0 Å². The van der Waals surface area contributed by atoms with Crippen LogP contribution in [0.2, 0.25) is 0 Å². The Hall–Kier alpha value is -3.39. The second-order valence-electron chi connectivity index (χ2n) is 6.31. The second-order valence-corrected chi connectivity index (χ2v) is 7.28. The number of nitrogens with zero attached hydrogens (tertiary/aromatic N) is 1. The lowest BCUT2D eigenvalue weighted by Crippen LogP contribution is -2.15. The minimum absolute atomic E-state index is 0.137. The number of halogens is 1. The molecule has 0 saturated carbocycles. The number of benzene rings is 2. The van der Waals surface area contributed by atoms with E-state index in [9.17, 15) is 14.0 Å². The molecule has 0 radical (unpaired) electrons. The number of carbonyl (C=O) groups is 2. The number of carbonyl (C=O) groups excluding carboxylic acids is 2. The SMILES string of the molecule is NC(=O)CCOc1ccc(NC(=O)c2cccnc2SCc2ccc(F)cc2)cc1. The van der Waals surface area contributed by atoms with Crippen LogP contribution in [0.5, 0.6) is 5.75 Å². The smallest absolute Gasteiger partial charge is 0.258 e. The maximum atomic E-state index is 13.0. The van der Waals surface area contributed by atoms with E-state index in [1.165, 1.54) is 23.9 Å². The number of thioether (sulfide) groups is 1. The van der Waals surface area contributed by atoms with Crippen molar-refractivity contribution in [2.75, 3.05) is 11.9 Å². The van der Waals surface area contributed by atoms with Gasteiger partial charge in [-0.15, -0.1) is 11.8 Å². The van der Waals surface area contributed by atoms with Gasteiger partial charge in [0.1, 0.15) is 16.6 Å². The molecule has 8 heteroatoms. The van der Waals surface area contributed by atoms with Crippen molar-refractivity contribution < 1.29 is 18.7 Å². The molecule has 6 nitrogen and oxygen atoms in total. The van der Waals surface area contributed by atoms with Gasteiger partial charge in [-0.3, -0.25) is 9.59 Å². The van der Waals surface area contributed by atoms with Crippen LogP contribution in [-0.4, -0.2) is 23.4 Å². The van der Waals surface area contributed by atoms with Gasteiger partial charge in [0, 0.05) is 17.6 Å². The first-order valence-corrected chi connectivity index (χ1v) is 10.1. The van der Waals surface area contributed by atoms with Gasteiger partial charge in [0.25, 0.3) is 5.91 Å². The van der Waals surface area contributed by atoms with E-state index < -0.39 is 5.91 Å². The van der Waals surface area contributed by atoms with E-state index in [-0.39, 0.29) is 24.8 Å². The first-order valence-electron chi connectivity index (χ1n) is 9.16. The first kappa shape index (κ1) is 21.3. The summed E-state index contributed by atoms with van der Waals surface area (Å²) in [4.78, 5) is 27.8. The third-order valence-electron chi connectivity index (χ3n) is 4.03. The summed E-state index contributed by atoms with van der Waals surface area (Å²) < 4.78 is 18.5. The van der Waals surface area contributed by atoms with E-state index in [0.717, 1.165) is 5.56 Å². The van der Waals surface area contributed by atoms with Crippen molar-refractivity contribution in [3.05, 3.63) is 83.8 Å². The lowest BCUT2D eigenvalue weighted by atomic mass is 10.2. The Morgan fingerprint density at radius 1 is 1.07 bits per heavy atom. The van der Waals surface area contributed by atoms with E-state index in [1.807, 2.05) is 0 Å². The molecular formula is C22H20FN3O3S. The van der Waals surface area contributed by atoms with Gasteiger partial charge in [-0.25, -0.2) is 9.37 Å². The van der Waals surface area contributed by atoms with Gasteiger partial charge in [-0.2, -0.15) is 0 Å². The first-order chi connectivity index (χ1) is 14.5. The van der Waals surface area contributed by atoms with Crippen LogP contribution in [0.25, 0.3) is 0 Å². The lowest BCUT2D eigenvalue weighted by molar-refractivity contribution is -0.118. The van der Waals surface area contributed by atoms with Crippen molar-refractivity contribution in [1.29, 1.82) is 0 Å². The van der Waals surface area contributed by atoms with Crippen LogP contribution in [0, 0.1) is 5.82 Å². The molecule has 0 saturated heterocycles. The number of rotatable bonds is 9. The minimum atomic E-state index is -0.427. The van der Waals surface area contributed by atoms with Gasteiger partial charge in [0.2, 0.25) is 5.91 Å². The number of pyridine rings is 1. The predicted molar refractivity (Wildman–Crippen MR) is 114 cm³/mol. The third-order valence-corrected chi connectivity index (χ3v) is 5.11. The highest BCUT2D eigenvalue weighted by Crippen LogP contribution is 2.25.